The summed E-state index contributed by atoms with van der Waals surface area (Å²) in [6.07, 6.45) is 1.97. The summed E-state index contributed by atoms with van der Waals surface area (Å²) in [6, 6.07) is 0.298. The lowest BCUT2D eigenvalue weighted by atomic mass is 10.2. The van der Waals surface area contributed by atoms with Gasteiger partial charge in [-0.25, -0.2) is 9.97 Å². The third-order valence-electron chi connectivity index (χ3n) is 2.99. The van der Waals surface area contributed by atoms with Crippen LogP contribution in [-0.4, -0.2) is 29.1 Å². The maximum absolute atomic E-state index is 5.86. The SMILES string of the molecule is CC1=CNCC(CNc2nc(C)nc(N)c2CN)N1. The molecule has 1 atom stereocenters. The van der Waals surface area contributed by atoms with E-state index in [0.717, 1.165) is 30.2 Å². The topological polar surface area (TPSA) is 114 Å². The largest absolute Gasteiger partial charge is 0.387 e. The first-order valence-electron chi connectivity index (χ1n) is 6.33. The van der Waals surface area contributed by atoms with Crippen molar-refractivity contribution in [1.29, 1.82) is 0 Å². The zero-order valence-corrected chi connectivity index (χ0v) is 11.3. The molecule has 7 N–H and O–H groups in total. The first kappa shape index (κ1) is 13.4. The van der Waals surface area contributed by atoms with Crippen molar-refractivity contribution in [2.45, 2.75) is 26.4 Å². The van der Waals surface area contributed by atoms with Gasteiger partial charge in [-0.3, -0.25) is 0 Å². The molecule has 0 bridgehead atoms. The van der Waals surface area contributed by atoms with Gasteiger partial charge in [0.2, 0.25) is 0 Å². The van der Waals surface area contributed by atoms with Crippen molar-refractivity contribution < 1.29 is 0 Å². The second-order valence-corrected chi connectivity index (χ2v) is 4.65. The number of hydrogen-bond acceptors (Lipinski definition) is 7. The van der Waals surface area contributed by atoms with Crippen LogP contribution in [0.1, 0.15) is 18.3 Å². The number of aromatic nitrogens is 2. The van der Waals surface area contributed by atoms with E-state index in [-0.39, 0.29) is 0 Å². The van der Waals surface area contributed by atoms with Crippen molar-refractivity contribution in [1.82, 2.24) is 20.6 Å². The molecule has 1 aromatic heterocycles. The highest BCUT2D eigenvalue weighted by Gasteiger charge is 2.14. The summed E-state index contributed by atoms with van der Waals surface area (Å²) < 4.78 is 0. The minimum atomic E-state index is 0.298. The number of allylic oxidation sites excluding steroid dienone is 1. The molecule has 2 rings (SSSR count). The van der Waals surface area contributed by atoms with Gasteiger partial charge in [-0.15, -0.1) is 0 Å². The van der Waals surface area contributed by atoms with Crippen molar-refractivity contribution in [2.24, 2.45) is 5.73 Å². The molecular formula is C12H21N7. The molecule has 1 unspecified atom stereocenters. The van der Waals surface area contributed by atoms with Crippen molar-refractivity contribution in [3.8, 4) is 0 Å². The van der Waals surface area contributed by atoms with Gasteiger partial charge in [0, 0.05) is 31.5 Å². The quantitative estimate of drug-likeness (QED) is 0.505. The third-order valence-corrected chi connectivity index (χ3v) is 2.99. The van der Waals surface area contributed by atoms with Gasteiger partial charge in [0.15, 0.2) is 0 Å². The first-order valence-corrected chi connectivity index (χ1v) is 6.33. The highest BCUT2D eigenvalue weighted by Crippen LogP contribution is 2.17. The lowest BCUT2D eigenvalue weighted by Gasteiger charge is -2.25. The lowest BCUT2D eigenvalue weighted by molar-refractivity contribution is 0.533. The zero-order valence-electron chi connectivity index (χ0n) is 11.3. The monoisotopic (exact) mass is 263 g/mol. The van der Waals surface area contributed by atoms with Crippen molar-refractivity contribution in [3.05, 3.63) is 23.3 Å². The predicted molar refractivity (Wildman–Crippen MR) is 76.2 cm³/mol. The average molecular weight is 263 g/mol. The molecular weight excluding hydrogens is 242 g/mol. The van der Waals surface area contributed by atoms with E-state index in [2.05, 4.69) is 25.9 Å². The van der Waals surface area contributed by atoms with E-state index in [0.29, 0.717) is 24.2 Å². The van der Waals surface area contributed by atoms with Crippen LogP contribution in [0.3, 0.4) is 0 Å². The van der Waals surface area contributed by atoms with Crippen LogP contribution in [0.25, 0.3) is 0 Å². The van der Waals surface area contributed by atoms with Crippen molar-refractivity contribution in [3.63, 3.8) is 0 Å². The van der Waals surface area contributed by atoms with E-state index < -0.39 is 0 Å². The number of aryl methyl sites for hydroxylation is 1. The number of anilines is 2. The molecule has 7 nitrogen and oxygen atoms in total. The van der Waals surface area contributed by atoms with Crippen LogP contribution >= 0.6 is 0 Å². The number of rotatable bonds is 4. The second kappa shape index (κ2) is 5.75. The van der Waals surface area contributed by atoms with E-state index in [1.165, 1.54) is 0 Å². The van der Waals surface area contributed by atoms with Gasteiger partial charge in [0.1, 0.15) is 17.5 Å². The number of hydrogen-bond donors (Lipinski definition) is 5. The molecule has 104 valence electrons. The third kappa shape index (κ3) is 3.25. The van der Waals surface area contributed by atoms with E-state index in [1.54, 1.807) is 0 Å². The zero-order chi connectivity index (χ0) is 13.8. The molecule has 0 amide bonds. The van der Waals surface area contributed by atoms with Gasteiger partial charge >= 0.3 is 0 Å². The van der Waals surface area contributed by atoms with Crippen LogP contribution in [0.2, 0.25) is 0 Å². The Morgan fingerprint density at radius 1 is 1.42 bits per heavy atom. The van der Waals surface area contributed by atoms with E-state index in [1.807, 2.05) is 20.0 Å². The Hall–Kier alpha value is -2.02. The first-order chi connectivity index (χ1) is 9.10. The van der Waals surface area contributed by atoms with Gasteiger partial charge in [-0.05, 0) is 13.8 Å². The van der Waals surface area contributed by atoms with Gasteiger partial charge in [-0.2, -0.15) is 0 Å². The molecule has 0 radical (unpaired) electrons. The molecule has 0 spiro atoms. The van der Waals surface area contributed by atoms with E-state index >= 15 is 0 Å². The fourth-order valence-electron chi connectivity index (χ4n) is 2.08. The smallest absolute Gasteiger partial charge is 0.136 e. The number of nitrogens with one attached hydrogen (secondary N) is 3. The molecule has 0 saturated heterocycles. The molecule has 0 fully saturated rings. The second-order valence-electron chi connectivity index (χ2n) is 4.65. The molecule has 19 heavy (non-hydrogen) atoms. The summed E-state index contributed by atoms with van der Waals surface area (Å²) in [5.74, 6) is 1.81. The highest BCUT2D eigenvalue weighted by atomic mass is 15.1. The lowest BCUT2D eigenvalue weighted by Crippen LogP contribution is -2.45. The van der Waals surface area contributed by atoms with Gasteiger partial charge in [0.25, 0.3) is 0 Å². The normalized spacial score (nSPS) is 18.3. The Morgan fingerprint density at radius 2 is 2.21 bits per heavy atom. The summed E-state index contributed by atoms with van der Waals surface area (Å²) in [6.45, 7) is 5.76. The molecule has 0 aliphatic carbocycles. The van der Waals surface area contributed by atoms with Gasteiger partial charge in [0.05, 0.1) is 11.6 Å². The Kier molecular flexibility index (Phi) is 4.06. The van der Waals surface area contributed by atoms with Crippen LogP contribution < -0.4 is 27.4 Å². The fourth-order valence-corrected chi connectivity index (χ4v) is 2.08. The molecule has 1 aromatic rings. The van der Waals surface area contributed by atoms with Crippen LogP contribution in [-0.2, 0) is 6.54 Å². The highest BCUT2D eigenvalue weighted by molar-refractivity contribution is 5.55. The molecule has 0 aromatic carbocycles. The van der Waals surface area contributed by atoms with Crippen molar-refractivity contribution >= 4 is 11.6 Å². The van der Waals surface area contributed by atoms with Crippen molar-refractivity contribution in [2.75, 3.05) is 24.1 Å². The minimum absolute atomic E-state index is 0.298. The predicted octanol–water partition coefficient (Wildman–Crippen LogP) is -0.339. The molecule has 2 heterocycles. The van der Waals surface area contributed by atoms with Crippen LogP contribution in [0, 0.1) is 6.92 Å². The number of nitrogen functional groups attached to an aromatic ring is 1. The van der Waals surface area contributed by atoms with E-state index in [4.69, 9.17) is 11.5 Å². The summed E-state index contributed by atoms with van der Waals surface area (Å²) in [4.78, 5) is 8.48. The summed E-state index contributed by atoms with van der Waals surface area (Å²) in [7, 11) is 0. The Balaban J connectivity index is 2.05. The molecule has 1 aliphatic rings. The Morgan fingerprint density at radius 3 is 2.89 bits per heavy atom. The van der Waals surface area contributed by atoms with E-state index in [9.17, 15) is 0 Å². The summed E-state index contributed by atoms with van der Waals surface area (Å²) in [5, 5.41) is 9.90. The summed E-state index contributed by atoms with van der Waals surface area (Å²) in [5.41, 5.74) is 13.4. The molecule has 7 heteroatoms. The maximum Gasteiger partial charge on any atom is 0.136 e. The van der Waals surface area contributed by atoms with Crippen LogP contribution in [0.15, 0.2) is 11.9 Å². The van der Waals surface area contributed by atoms with Gasteiger partial charge < -0.3 is 27.4 Å². The average Bonchev–Trinajstić information content (AvgIpc) is 2.36. The Bertz CT molecular complexity index is 483. The summed E-state index contributed by atoms with van der Waals surface area (Å²) >= 11 is 0. The number of nitrogens with two attached hydrogens (primary N) is 2. The fraction of sp³-hybridized carbons (Fsp3) is 0.500. The maximum atomic E-state index is 5.86. The van der Waals surface area contributed by atoms with Gasteiger partial charge in [-0.1, -0.05) is 0 Å². The van der Waals surface area contributed by atoms with Crippen LogP contribution in [0.5, 0.6) is 0 Å². The number of nitrogens with zero attached hydrogens (tertiary/aromatic N) is 2. The Labute approximate surface area is 112 Å². The molecule has 0 saturated carbocycles. The molecule has 1 aliphatic heterocycles. The standard InChI is InChI=1S/C12H21N7/c1-7-4-15-5-9(17-7)6-16-12-10(3-13)11(14)18-8(2)19-12/h4,9,15,17H,3,5-6,13H2,1-2H3,(H3,14,16,18,19). The minimum Gasteiger partial charge on any atom is -0.387 e. The van der Waals surface area contributed by atoms with Crippen LogP contribution in [0.4, 0.5) is 11.6 Å².